The van der Waals surface area contributed by atoms with Crippen LogP contribution < -0.4 is 5.43 Å². The molecule has 2 N–H and O–H groups in total. The van der Waals surface area contributed by atoms with Gasteiger partial charge in [-0.1, -0.05) is 13.8 Å². The van der Waals surface area contributed by atoms with E-state index in [1.54, 1.807) is 0 Å². The lowest BCUT2D eigenvalue weighted by Crippen LogP contribution is -2.23. The molecule has 3 aliphatic rings. The van der Waals surface area contributed by atoms with Gasteiger partial charge in [0.2, 0.25) is 0 Å². The molecule has 4 rings (SSSR count). The van der Waals surface area contributed by atoms with Crippen LogP contribution in [0.25, 0.3) is 6.08 Å². The van der Waals surface area contributed by atoms with E-state index in [-0.39, 0.29) is 5.91 Å². The van der Waals surface area contributed by atoms with Crippen molar-refractivity contribution < 1.29 is 4.79 Å². The Morgan fingerprint density at radius 2 is 1.96 bits per heavy atom. The highest BCUT2D eigenvalue weighted by atomic mass is 16.2. The Balaban J connectivity index is 1.73. The van der Waals surface area contributed by atoms with E-state index in [1.165, 1.54) is 29.7 Å². The summed E-state index contributed by atoms with van der Waals surface area (Å²) in [6, 6.07) is 0. The van der Waals surface area contributed by atoms with Crippen molar-refractivity contribution in [3.8, 4) is 0 Å². The first-order chi connectivity index (χ1) is 12.2. The number of hydrogen-bond donors (Lipinski definition) is 2. The third-order valence-corrected chi connectivity index (χ3v) is 5.77. The van der Waals surface area contributed by atoms with Gasteiger partial charge < -0.3 is 4.98 Å². The minimum absolute atomic E-state index is 0.0525. The Morgan fingerprint density at radius 1 is 1.20 bits per heavy atom. The molecule has 2 aliphatic carbocycles. The van der Waals surface area contributed by atoms with E-state index in [0.717, 1.165) is 62.3 Å². The minimum Gasteiger partial charge on any atom is -0.358 e. The van der Waals surface area contributed by atoms with Crippen molar-refractivity contribution in [3.63, 3.8) is 0 Å². The lowest BCUT2D eigenvalue weighted by Gasteiger charge is -2.20. The molecular weight excluding hydrogens is 312 g/mol. The average molecular weight is 340 g/mol. The summed E-state index contributed by atoms with van der Waals surface area (Å²) in [7, 11) is 0. The molecule has 5 heteroatoms. The normalized spacial score (nSPS) is 21.6. The average Bonchev–Trinajstić information content (AvgIpc) is 3.33. The fourth-order valence-electron chi connectivity index (χ4n) is 4.05. The number of aryl methyl sites for hydroxylation is 1. The van der Waals surface area contributed by atoms with E-state index < -0.39 is 0 Å². The van der Waals surface area contributed by atoms with Crippen LogP contribution in [-0.2, 0) is 24.2 Å². The maximum absolute atomic E-state index is 12.3. The first-order valence-corrected chi connectivity index (χ1v) is 9.76. The van der Waals surface area contributed by atoms with Crippen LogP contribution in [0.3, 0.4) is 0 Å². The van der Waals surface area contributed by atoms with Gasteiger partial charge in [-0.2, -0.15) is 5.10 Å². The number of hydrogen-bond acceptors (Lipinski definition) is 3. The van der Waals surface area contributed by atoms with Gasteiger partial charge in [-0.05, 0) is 68.8 Å². The Labute approximate surface area is 149 Å². The predicted octanol–water partition coefficient (Wildman–Crippen LogP) is 3.01. The minimum atomic E-state index is -0.0525. The number of H-pyrrole nitrogens is 1. The van der Waals surface area contributed by atoms with Crippen LogP contribution >= 0.6 is 0 Å². The third-order valence-electron chi connectivity index (χ3n) is 5.77. The second-order valence-electron chi connectivity index (χ2n) is 7.41. The van der Waals surface area contributed by atoms with Crippen molar-refractivity contribution in [2.75, 3.05) is 13.1 Å². The van der Waals surface area contributed by atoms with Crippen LogP contribution in [0.4, 0.5) is 0 Å². The second kappa shape index (κ2) is 6.79. The van der Waals surface area contributed by atoms with Gasteiger partial charge in [0.25, 0.3) is 5.91 Å². The maximum atomic E-state index is 12.3. The van der Waals surface area contributed by atoms with E-state index in [2.05, 4.69) is 40.3 Å². The van der Waals surface area contributed by atoms with E-state index in [4.69, 9.17) is 0 Å². The highest BCUT2D eigenvalue weighted by molar-refractivity contribution is 6.28. The predicted molar refractivity (Wildman–Crippen MR) is 100 cm³/mol. The number of nitrogens with zero attached hydrogens (tertiary/aromatic N) is 2. The summed E-state index contributed by atoms with van der Waals surface area (Å²) in [5, 5.41) is 4.29. The molecule has 1 aromatic heterocycles. The monoisotopic (exact) mass is 340 g/mol. The zero-order chi connectivity index (χ0) is 17.4. The summed E-state index contributed by atoms with van der Waals surface area (Å²) in [6.45, 7) is 7.46. The molecule has 1 aromatic rings. The molecule has 0 aromatic carbocycles. The molecule has 1 saturated carbocycles. The zero-order valence-electron chi connectivity index (χ0n) is 15.3. The van der Waals surface area contributed by atoms with E-state index in [0.29, 0.717) is 5.92 Å². The Morgan fingerprint density at radius 3 is 2.68 bits per heavy atom. The number of nitrogens with one attached hydrogen (secondary N) is 2. The molecule has 5 nitrogen and oxygen atoms in total. The van der Waals surface area contributed by atoms with Crippen molar-refractivity contribution in [3.05, 3.63) is 28.1 Å². The molecular formula is C20H28N4O. The molecule has 25 heavy (non-hydrogen) atoms. The van der Waals surface area contributed by atoms with Gasteiger partial charge in [0.15, 0.2) is 0 Å². The molecule has 1 amide bonds. The SMILES string of the molecule is CCN(CC)Cc1c(/C=C2\C(=O)NN=C2C2CC2)[nH]c2c1CCCC2. The van der Waals surface area contributed by atoms with Gasteiger partial charge in [0.05, 0.1) is 11.3 Å². The molecule has 134 valence electrons. The highest BCUT2D eigenvalue weighted by Gasteiger charge is 2.36. The molecule has 2 heterocycles. The number of rotatable bonds is 6. The largest absolute Gasteiger partial charge is 0.358 e. The Kier molecular flexibility index (Phi) is 4.50. The van der Waals surface area contributed by atoms with E-state index >= 15 is 0 Å². The number of aromatic amines is 1. The maximum Gasteiger partial charge on any atom is 0.273 e. The molecule has 1 aliphatic heterocycles. The third kappa shape index (κ3) is 3.17. The second-order valence-corrected chi connectivity index (χ2v) is 7.41. The fraction of sp³-hybridized carbons (Fsp3) is 0.600. The molecule has 0 saturated heterocycles. The Bertz CT molecular complexity index is 735. The summed E-state index contributed by atoms with van der Waals surface area (Å²) in [4.78, 5) is 18.4. The molecule has 1 fully saturated rings. The van der Waals surface area contributed by atoms with Crippen LogP contribution in [0, 0.1) is 5.92 Å². The van der Waals surface area contributed by atoms with Crippen molar-refractivity contribution in [1.82, 2.24) is 15.3 Å². The van der Waals surface area contributed by atoms with Gasteiger partial charge in [0.1, 0.15) is 0 Å². The standard InChI is InChI=1S/C20H28N4O/c1-3-24(4-2)12-16-14-7-5-6-8-17(14)21-18(16)11-15-19(13-9-10-13)22-23-20(15)25/h11,13,21H,3-10,12H2,1-2H3,(H,23,25)/b15-11-. The van der Waals surface area contributed by atoms with Crippen LogP contribution in [0.15, 0.2) is 10.7 Å². The van der Waals surface area contributed by atoms with Crippen molar-refractivity contribution in [1.29, 1.82) is 0 Å². The number of hydrazone groups is 1. The van der Waals surface area contributed by atoms with Crippen LogP contribution in [0.2, 0.25) is 0 Å². The number of carbonyl (C=O) groups is 1. The highest BCUT2D eigenvalue weighted by Crippen LogP contribution is 2.36. The smallest absolute Gasteiger partial charge is 0.273 e. The number of fused-ring (bicyclic) bond motifs is 1. The quantitative estimate of drug-likeness (QED) is 0.782. The molecule has 0 unspecified atom stereocenters. The van der Waals surface area contributed by atoms with E-state index in [9.17, 15) is 4.79 Å². The number of carbonyl (C=O) groups excluding carboxylic acids is 1. The van der Waals surface area contributed by atoms with Crippen molar-refractivity contribution >= 4 is 17.7 Å². The topological polar surface area (TPSA) is 60.5 Å². The summed E-state index contributed by atoms with van der Waals surface area (Å²) >= 11 is 0. The molecule has 0 atom stereocenters. The summed E-state index contributed by atoms with van der Waals surface area (Å²) in [6.07, 6.45) is 9.17. The lowest BCUT2D eigenvalue weighted by molar-refractivity contribution is -0.116. The summed E-state index contributed by atoms with van der Waals surface area (Å²) < 4.78 is 0. The van der Waals surface area contributed by atoms with Crippen molar-refractivity contribution in [2.45, 2.75) is 58.9 Å². The number of amides is 1. The van der Waals surface area contributed by atoms with Gasteiger partial charge in [-0.3, -0.25) is 9.69 Å². The number of aromatic nitrogens is 1. The Hall–Kier alpha value is -1.88. The molecule has 0 bridgehead atoms. The van der Waals surface area contributed by atoms with Gasteiger partial charge in [-0.15, -0.1) is 0 Å². The molecule has 0 radical (unpaired) electrons. The van der Waals surface area contributed by atoms with Gasteiger partial charge >= 0.3 is 0 Å². The first kappa shape index (κ1) is 16.6. The lowest BCUT2D eigenvalue weighted by atomic mass is 9.93. The summed E-state index contributed by atoms with van der Waals surface area (Å²) in [5.74, 6) is 0.421. The van der Waals surface area contributed by atoms with E-state index in [1.807, 2.05) is 0 Å². The van der Waals surface area contributed by atoms with Crippen LogP contribution in [0.1, 0.15) is 62.0 Å². The van der Waals surface area contributed by atoms with Crippen molar-refractivity contribution in [2.24, 2.45) is 11.0 Å². The molecule has 0 spiro atoms. The first-order valence-electron chi connectivity index (χ1n) is 9.76. The fourth-order valence-corrected chi connectivity index (χ4v) is 4.05. The van der Waals surface area contributed by atoms with Crippen LogP contribution in [0.5, 0.6) is 0 Å². The van der Waals surface area contributed by atoms with Gasteiger partial charge in [0, 0.05) is 23.9 Å². The van der Waals surface area contributed by atoms with Crippen LogP contribution in [-0.4, -0.2) is 34.6 Å². The zero-order valence-corrected chi connectivity index (χ0v) is 15.3. The van der Waals surface area contributed by atoms with Gasteiger partial charge in [-0.25, -0.2) is 5.43 Å². The summed E-state index contributed by atoms with van der Waals surface area (Å²) in [5.41, 5.74) is 9.78.